The minimum absolute atomic E-state index is 0.279. The molecule has 3 aromatic rings. The summed E-state index contributed by atoms with van der Waals surface area (Å²) in [6.45, 7) is 3.72. The second-order valence-corrected chi connectivity index (χ2v) is 5.96. The van der Waals surface area contributed by atoms with Gasteiger partial charge in [-0.25, -0.2) is 15.0 Å². The molecule has 0 saturated heterocycles. The lowest BCUT2D eigenvalue weighted by Crippen LogP contribution is -2.17. The molecule has 3 aromatic heterocycles. The van der Waals surface area contributed by atoms with Crippen LogP contribution in [0.4, 0.5) is 5.82 Å². The number of furan rings is 1. The lowest BCUT2D eigenvalue weighted by atomic mass is 10.2. The standard InChI is InChI=1S/C17H16N4O2S/c1-10-6-7-13(18-9-10)20-16(22)14-11(2)19-15(21-17(14)24-3)12-5-4-8-23-12/h4-9H,1-3H3,(H,18,20,22). The number of anilines is 1. The summed E-state index contributed by atoms with van der Waals surface area (Å²) in [7, 11) is 0. The number of nitrogens with one attached hydrogen (secondary N) is 1. The first-order valence-corrected chi connectivity index (χ1v) is 8.51. The first kappa shape index (κ1) is 16.2. The Balaban J connectivity index is 1.94. The van der Waals surface area contributed by atoms with Gasteiger partial charge >= 0.3 is 0 Å². The number of carbonyl (C=O) groups excluding carboxylic acids is 1. The van der Waals surface area contributed by atoms with Gasteiger partial charge in [-0.3, -0.25) is 4.79 Å². The van der Waals surface area contributed by atoms with E-state index in [1.807, 2.05) is 19.2 Å². The van der Waals surface area contributed by atoms with Gasteiger partial charge in [0.1, 0.15) is 10.8 Å². The molecule has 0 aliphatic rings. The highest BCUT2D eigenvalue weighted by atomic mass is 32.2. The van der Waals surface area contributed by atoms with E-state index in [9.17, 15) is 4.79 Å². The van der Waals surface area contributed by atoms with Gasteiger partial charge in [-0.1, -0.05) is 6.07 Å². The van der Waals surface area contributed by atoms with Crippen molar-refractivity contribution in [3.05, 3.63) is 53.5 Å². The maximum Gasteiger partial charge on any atom is 0.261 e. The Morgan fingerprint density at radius 1 is 1.21 bits per heavy atom. The zero-order valence-electron chi connectivity index (χ0n) is 13.5. The molecule has 0 aromatic carbocycles. The monoisotopic (exact) mass is 340 g/mol. The van der Waals surface area contributed by atoms with Gasteiger partial charge in [-0.15, -0.1) is 11.8 Å². The Labute approximate surface area is 143 Å². The van der Waals surface area contributed by atoms with Crippen molar-refractivity contribution >= 4 is 23.5 Å². The summed E-state index contributed by atoms with van der Waals surface area (Å²) < 4.78 is 5.34. The maximum absolute atomic E-state index is 12.6. The molecule has 0 atom stereocenters. The van der Waals surface area contributed by atoms with Gasteiger partial charge < -0.3 is 9.73 Å². The largest absolute Gasteiger partial charge is 0.461 e. The van der Waals surface area contributed by atoms with E-state index in [1.165, 1.54) is 11.8 Å². The third-order valence-corrected chi connectivity index (χ3v) is 4.05. The Hall–Kier alpha value is -2.67. The molecule has 3 heterocycles. The number of hydrogen-bond acceptors (Lipinski definition) is 6. The first-order valence-electron chi connectivity index (χ1n) is 7.29. The van der Waals surface area contributed by atoms with Crippen LogP contribution < -0.4 is 5.32 Å². The van der Waals surface area contributed by atoms with Gasteiger partial charge in [-0.05, 0) is 43.9 Å². The van der Waals surface area contributed by atoms with Crippen LogP contribution in [0.15, 0.2) is 46.2 Å². The first-order chi connectivity index (χ1) is 11.6. The highest BCUT2D eigenvalue weighted by Crippen LogP contribution is 2.25. The predicted molar refractivity (Wildman–Crippen MR) is 93.2 cm³/mol. The number of aryl methyl sites for hydroxylation is 2. The fourth-order valence-electron chi connectivity index (χ4n) is 2.19. The van der Waals surface area contributed by atoms with E-state index in [2.05, 4.69) is 20.3 Å². The molecular weight excluding hydrogens is 324 g/mol. The average molecular weight is 340 g/mol. The molecule has 3 rings (SSSR count). The summed E-state index contributed by atoms with van der Waals surface area (Å²) >= 11 is 1.39. The van der Waals surface area contributed by atoms with Crippen molar-refractivity contribution in [1.82, 2.24) is 15.0 Å². The number of hydrogen-bond donors (Lipinski definition) is 1. The molecule has 0 aliphatic carbocycles. The Kier molecular flexibility index (Phi) is 4.61. The van der Waals surface area contributed by atoms with Gasteiger partial charge in [0.2, 0.25) is 0 Å². The molecule has 0 bridgehead atoms. The van der Waals surface area contributed by atoms with E-state index >= 15 is 0 Å². The third-order valence-electron chi connectivity index (χ3n) is 3.37. The van der Waals surface area contributed by atoms with Gasteiger partial charge in [0, 0.05) is 6.20 Å². The Bertz CT molecular complexity index is 861. The van der Waals surface area contributed by atoms with Crippen LogP contribution in [0.1, 0.15) is 21.6 Å². The normalized spacial score (nSPS) is 10.6. The molecule has 122 valence electrons. The second-order valence-electron chi connectivity index (χ2n) is 5.17. The van der Waals surface area contributed by atoms with Gasteiger partial charge in [0.05, 0.1) is 17.5 Å². The van der Waals surface area contributed by atoms with Crippen molar-refractivity contribution in [2.24, 2.45) is 0 Å². The Morgan fingerprint density at radius 3 is 2.67 bits per heavy atom. The lowest BCUT2D eigenvalue weighted by Gasteiger charge is -2.11. The fourth-order valence-corrected chi connectivity index (χ4v) is 2.81. The fraction of sp³-hybridized carbons (Fsp3) is 0.176. The van der Waals surface area contributed by atoms with Crippen LogP contribution >= 0.6 is 11.8 Å². The van der Waals surface area contributed by atoms with Gasteiger partial charge in [0.15, 0.2) is 11.6 Å². The molecular formula is C17H16N4O2S. The smallest absolute Gasteiger partial charge is 0.261 e. The number of nitrogens with zero attached hydrogens (tertiary/aromatic N) is 3. The SMILES string of the molecule is CSc1nc(-c2ccco2)nc(C)c1C(=O)Nc1ccc(C)cn1. The molecule has 0 unspecified atom stereocenters. The molecule has 0 saturated carbocycles. The van der Waals surface area contributed by atoms with E-state index in [0.29, 0.717) is 33.7 Å². The average Bonchev–Trinajstić information content (AvgIpc) is 3.10. The minimum atomic E-state index is -0.279. The highest BCUT2D eigenvalue weighted by Gasteiger charge is 2.20. The molecule has 24 heavy (non-hydrogen) atoms. The van der Waals surface area contributed by atoms with E-state index < -0.39 is 0 Å². The maximum atomic E-state index is 12.6. The number of carbonyl (C=O) groups is 1. The predicted octanol–water partition coefficient (Wildman–Crippen LogP) is 3.72. The van der Waals surface area contributed by atoms with Crippen LogP contribution in [0.25, 0.3) is 11.6 Å². The molecule has 6 nitrogen and oxygen atoms in total. The summed E-state index contributed by atoms with van der Waals surface area (Å²) in [4.78, 5) is 25.7. The molecule has 0 radical (unpaired) electrons. The van der Waals surface area contributed by atoms with Gasteiger partial charge in [-0.2, -0.15) is 0 Å². The van der Waals surface area contributed by atoms with Crippen LogP contribution in [0.2, 0.25) is 0 Å². The van der Waals surface area contributed by atoms with Crippen LogP contribution in [-0.2, 0) is 0 Å². The molecule has 1 amide bonds. The topological polar surface area (TPSA) is 80.9 Å². The van der Waals surface area contributed by atoms with Crippen molar-refractivity contribution in [3.8, 4) is 11.6 Å². The number of thioether (sulfide) groups is 1. The van der Waals surface area contributed by atoms with Crippen molar-refractivity contribution in [2.45, 2.75) is 18.9 Å². The third kappa shape index (κ3) is 3.30. The van der Waals surface area contributed by atoms with Crippen molar-refractivity contribution in [1.29, 1.82) is 0 Å². The summed E-state index contributed by atoms with van der Waals surface area (Å²) in [5.74, 6) is 1.25. The van der Waals surface area contributed by atoms with Crippen LogP contribution in [0.3, 0.4) is 0 Å². The minimum Gasteiger partial charge on any atom is -0.461 e. The van der Waals surface area contributed by atoms with Crippen molar-refractivity contribution in [2.75, 3.05) is 11.6 Å². The second kappa shape index (κ2) is 6.84. The van der Waals surface area contributed by atoms with E-state index in [0.717, 1.165) is 5.56 Å². The van der Waals surface area contributed by atoms with Crippen molar-refractivity contribution < 1.29 is 9.21 Å². The van der Waals surface area contributed by atoms with Crippen LogP contribution in [-0.4, -0.2) is 27.1 Å². The lowest BCUT2D eigenvalue weighted by molar-refractivity contribution is 0.102. The highest BCUT2D eigenvalue weighted by molar-refractivity contribution is 7.98. The number of aromatic nitrogens is 3. The Morgan fingerprint density at radius 2 is 2.04 bits per heavy atom. The number of amides is 1. The van der Waals surface area contributed by atoms with E-state index in [-0.39, 0.29) is 5.91 Å². The van der Waals surface area contributed by atoms with E-state index in [1.54, 1.807) is 37.6 Å². The molecule has 0 fully saturated rings. The zero-order valence-corrected chi connectivity index (χ0v) is 14.3. The quantitative estimate of drug-likeness (QED) is 0.576. The zero-order chi connectivity index (χ0) is 17.1. The van der Waals surface area contributed by atoms with Gasteiger partial charge in [0.25, 0.3) is 5.91 Å². The molecule has 1 N–H and O–H groups in total. The van der Waals surface area contributed by atoms with E-state index in [4.69, 9.17) is 4.42 Å². The summed E-state index contributed by atoms with van der Waals surface area (Å²) in [6, 6.07) is 7.21. The molecule has 7 heteroatoms. The number of rotatable bonds is 4. The summed E-state index contributed by atoms with van der Waals surface area (Å²) in [6.07, 6.45) is 5.14. The molecule has 0 aliphatic heterocycles. The summed E-state index contributed by atoms with van der Waals surface area (Å²) in [5, 5.41) is 3.38. The molecule has 0 spiro atoms. The summed E-state index contributed by atoms with van der Waals surface area (Å²) in [5.41, 5.74) is 2.06. The van der Waals surface area contributed by atoms with Crippen molar-refractivity contribution in [3.63, 3.8) is 0 Å². The number of pyridine rings is 1. The van der Waals surface area contributed by atoms with Crippen LogP contribution in [0, 0.1) is 13.8 Å². The van der Waals surface area contributed by atoms with Crippen LogP contribution in [0.5, 0.6) is 0 Å².